The Labute approximate surface area is 180 Å². The van der Waals surface area contributed by atoms with Gasteiger partial charge in [-0.15, -0.1) is 0 Å². The zero-order valence-corrected chi connectivity index (χ0v) is 17.5. The predicted octanol–water partition coefficient (Wildman–Crippen LogP) is 2.02. The highest BCUT2D eigenvalue weighted by atomic mass is 19.2. The number of nitrogens with two attached hydrogens (primary N) is 1. The summed E-state index contributed by atoms with van der Waals surface area (Å²) in [7, 11) is 0. The van der Waals surface area contributed by atoms with Crippen LogP contribution >= 0.6 is 0 Å². The standard InChI is InChI=1S/C22H30F3N3O3/c23-18-11-20(25)19(24)8-14(18)7-15(26)9-21(30)28-6-5-17(29)10-16(28)12-27-22(31)13-3-1-2-4-13/h8,11,13,15-17,29H,1-7,9-10,12,26H2,(H,27,31)/t15-,16+,17+/m1/s1. The Hall–Kier alpha value is -2.13. The van der Waals surface area contributed by atoms with Gasteiger partial charge in [0.05, 0.1) is 12.1 Å². The molecule has 1 aromatic carbocycles. The van der Waals surface area contributed by atoms with Crippen molar-refractivity contribution in [2.75, 3.05) is 13.1 Å². The smallest absolute Gasteiger partial charge is 0.224 e. The highest BCUT2D eigenvalue weighted by Crippen LogP contribution is 2.25. The molecule has 3 rings (SSSR count). The van der Waals surface area contributed by atoms with Gasteiger partial charge in [-0.05, 0) is 43.7 Å². The first kappa shape index (κ1) is 23.5. The molecular formula is C22H30F3N3O3. The third kappa shape index (κ3) is 6.20. The van der Waals surface area contributed by atoms with Crippen LogP contribution in [0.15, 0.2) is 12.1 Å². The van der Waals surface area contributed by atoms with Crippen molar-refractivity contribution in [3.63, 3.8) is 0 Å². The summed E-state index contributed by atoms with van der Waals surface area (Å²) in [6.07, 6.45) is 3.82. The number of amides is 2. The van der Waals surface area contributed by atoms with Crippen LogP contribution in [0.2, 0.25) is 0 Å². The second kappa shape index (κ2) is 10.5. The second-order valence-corrected chi connectivity index (χ2v) is 8.67. The van der Waals surface area contributed by atoms with Crippen molar-refractivity contribution in [3.8, 4) is 0 Å². The number of carbonyl (C=O) groups excluding carboxylic acids is 2. The first-order valence-corrected chi connectivity index (χ1v) is 10.9. The van der Waals surface area contributed by atoms with E-state index in [0.717, 1.165) is 31.7 Å². The molecule has 172 valence electrons. The quantitative estimate of drug-likeness (QED) is 0.564. The minimum Gasteiger partial charge on any atom is -0.393 e. The summed E-state index contributed by atoms with van der Waals surface area (Å²) in [5.74, 6) is -3.64. The van der Waals surface area contributed by atoms with Gasteiger partial charge in [0, 0.05) is 37.5 Å². The van der Waals surface area contributed by atoms with Crippen LogP contribution < -0.4 is 11.1 Å². The molecule has 1 aromatic rings. The maximum Gasteiger partial charge on any atom is 0.224 e. The van der Waals surface area contributed by atoms with E-state index in [1.165, 1.54) is 0 Å². The van der Waals surface area contributed by atoms with Gasteiger partial charge in [0.15, 0.2) is 11.6 Å². The molecule has 2 amide bonds. The summed E-state index contributed by atoms with van der Waals surface area (Å²) in [4.78, 5) is 26.8. The topological polar surface area (TPSA) is 95.7 Å². The lowest BCUT2D eigenvalue weighted by Crippen LogP contribution is -2.53. The van der Waals surface area contributed by atoms with Crippen LogP contribution in [0, 0.1) is 23.4 Å². The molecule has 0 radical (unpaired) electrons. The third-order valence-electron chi connectivity index (χ3n) is 6.25. The van der Waals surface area contributed by atoms with E-state index in [1.807, 2.05) is 0 Å². The van der Waals surface area contributed by atoms with Crippen LogP contribution in [-0.2, 0) is 16.0 Å². The van der Waals surface area contributed by atoms with Gasteiger partial charge in [0.25, 0.3) is 0 Å². The van der Waals surface area contributed by atoms with Crippen molar-refractivity contribution >= 4 is 11.8 Å². The molecular weight excluding hydrogens is 411 g/mol. The number of hydrogen-bond donors (Lipinski definition) is 3. The monoisotopic (exact) mass is 441 g/mol. The summed E-state index contributed by atoms with van der Waals surface area (Å²) >= 11 is 0. The molecule has 1 heterocycles. The first-order chi connectivity index (χ1) is 14.7. The maximum absolute atomic E-state index is 13.9. The summed E-state index contributed by atoms with van der Waals surface area (Å²) < 4.78 is 40.4. The van der Waals surface area contributed by atoms with Gasteiger partial charge in [-0.1, -0.05) is 12.8 Å². The Balaban J connectivity index is 1.57. The fraction of sp³-hybridized carbons (Fsp3) is 0.636. The molecule has 0 aromatic heterocycles. The number of nitrogens with one attached hydrogen (secondary N) is 1. The Morgan fingerprint density at radius 1 is 1.13 bits per heavy atom. The maximum atomic E-state index is 13.9. The average molecular weight is 441 g/mol. The van der Waals surface area contributed by atoms with Crippen molar-refractivity contribution in [1.29, 1.82) is 0 Å². The second-order valence-electron chi connectivity index (χ2n) is 8.67. The molecule has 3 atom stereocenters. The minimum absolute atomic E-state index is 0.0112. The molecule has 0 unspecified atom stereocenters. The van der Waals surface area contributed by atoms with Crippen molar-refractivity contribution in [3.05, 3.63) is 35.1 Å². The van der Waals surface area contributed by atoms with E-state index >= 15 is 0 Å². The van der Waals surface area contributed by atoms with Gasteiger partial charge in [-0.25, -0.2) is 13.2 Å². The predicted molar refractivity (Wildman–Crippen MR) is 108 cm³/mol. The summed E-state index contributed by atoms with van der Waals surface area (Å²) in [6.45, 7) is 0.585. The number of halogens is 3. The number of likely N-dealkylation sites (tertiary alicyclic amines) is 1. The highest BCUT2D eigenvalue weighted by Gasteiger charge is 2.32. The van der Waals surface area contributed by atoms with Gasteiger partial charge >= 0.3 is 0 Å². The Morgan fingerprint density at radius 2 is 1.81 bits per heavy atom. The van der Waals surface area contributed by atoms with Crippen LogP contribution in [0.4, 0.5) is 13.2 Å². The van der Waals surface area contributed by atoms with E-state index in [1.54, 1.807) is 4.90 Å². The van der Waals surface area contributed by atoms with Crippen LogP contribution in [0.1, 0.15) is 50.5 Å². The molecule has 31 heavy (non-hydrogen) atoms. The summed E-state index contributed by atoms with van der Waals surface area (Å²) in [6, 6.07) is 0.0864. The minimum atomic E-state index is -1.28. The van der Waals surface area contributed by atoms with Gasteiger partial charge in [0.2, 0.25) is 11.8 Å². The molecule has 0 bridgehead atoms. The summed E-state index contributed by atoms with van der Waals surface area (Å²) in [5.41, 5.74) is 5.91. The van der Waals surface area contributed by atoms with Crippen molar-refractivity contribution in [1.82, 2.24) is 10.2 Å². The molecule has 6 nitrogen and oxygen atoms in total. The number of piperidine rings is 1. The lowest BCUT2D eigenvalue weighted by molar-refractivity contribution is -0.137. The fourth-order valence-corrected chi connectivity index (χ4v) is 4.52. The SMILES string of the molecule is N[C@@H](CC(=O)N1CC[C@H](O)C[C@H]1CNC(=O)C1CCCC1)Cc1cc(F)c(F)cc1F. The van der Waals surface area contributed by atoms with Crippen molar-refractivity contribution < 1.29 is 27.9 Å². The zero-order chi connectivity index (χ0) is 22.5. The van der Waals surface area contributed by atoms with E-state index in [4.69, 9.17) is 5.73 Å². The lowest BCUT2D eigenvalue weighted by atomic mass is 9.97. The van der Waals surface area contributed by atoms with Crippen molar-refractivity contribution in [2.45, 2.75) is 69.6 Å². The molecule has 9 heteroatoms. The number of aliphatic hydroxyl groups excluding tert-OH is 1. The molecule has 4 N–H and O–H groups in total. The van der Waals surface area contributed by atoms with Crippen LogP contribution in [0.5, 0.6) is 0 Å². The fourth-order valence-electron chi connectivity index (χ4n) is 4.52. The Bertz CT molecular complexity index is 802. The molecule has 0 spiro atoms. The van der Waals surface area contributed by atoms with E-state index in [2.05, 4.69) is 5.32 Å². The first-order valence-electron chi connectivity index (χ1n) is 10.9. The van der Waals surface area contributed by atoms with E-state index in [-0.39, 0.29) is 48.7 Å². The number of aliphatic hydroxyl groups is 1. The number of carbonyl (C=O) groups is 2. The third-order valence-corrected chi connectivity index (χ3v) is 6.25. The highest BCUT2D eigenvalue weighted by molar-refractivity contribution is 5.79. The molecule has 1 aliphatic heterocycles. The molecule has 1 aliphatic carbocycles. The van der Waals surface area contributed by atoms with E-state index in [9.17, 15) is 27.9 Å². The number of hydrogen-bond acceptors (Lipinski definition) is 4. The number of rotatable bonds is 7. The molecule has 1 saturated heterocycles. The average Bonchev–Trinajstić information content (AvgIpc) is 3.25. The van der Waals surface area contributed by atoms with Crippen LogP contribution in [-0.4, -0.2) is 53.1 Å². The van der Waals surface area contributed by atoms with Gasteiger partial charge in [-0.3, -0.25) is 9.59 Å². The lowest BCUT2D eigenvalue weighted by Gasteiger charge is -2.38. The normalized spacial score (nSPS) is 23.1. The van der Waals surface area contributed by atoms with Gasteiger partial charge < -0.3 is 21.1 Å². The van der Waals surface area contributed by atoms with Crippen molar-refractivity contribution in [2.24, 2.45) is 11.7 Å². The van der Waals surface area contributed by atoms with E-state index in [0.29, 0.717) is 25.5 Å². The number of benzene rings is 1. The van der Waals surface area contributed by atoms with Gasteiger partial charge in [-0.2, -0.15) is 0 Å². The molecule has 2 fully saturated rings. The van der Waals surface area contributed by atoms with Crippen LogP contribution in [0.25, 0.3) is 0 Å². The summed E-state index contributed by atoms with van der Waals surface area (Å²) in [5, 5.41) is 12.9. The Kier molecular flexibility index (Phi) is 7.94. The number of nitrogens with zero attached hydrogens (tertiary/aromatic N) is 1. The zero-order valence-electron chi connectivity index (χ0n) is 17.5. The Morgan fingerprint density at radius 3 is 2.52 bits per heavy atom. The van der Waals surface area contributed by atoms with Gasteiger partial charge in [0.1, 0.15) is 5.82 Å². The molecule has 1 saturated carbocycles. The van der Waals surface area contributed by atoms with E-state index < -0.39 is 29.6 Å². The largest absolute Gasteiger partial charge is 0.393 e. The van der Waals surface area contributed by atoms with Crippen LogP contribution in [0.3, 0.4) is 0 Å². The molecule has 2 aliphatic rings.